The van der Waals surface area contributed by atoms with E-state index in [0.29, 0.717) is 40.1 Å². The van der Waals surface area contributed by atoms with Crippen molar-refractivity contribution < 1.29 is 19.1 Å². The van der Waals surface area contributed by atoms with Crippen LogP contribution in [0.4, 0.5) is 10.7 Å². The molecule has 0 saturated carbocycles. The minimum absolute atomic E-state index is 0.291. The molecule has 0 unspecified atom stereocenters. The normalized spacial score (nSPS) is 12.6. The van der Waals surface area contributed by atoms with E-state index in [0.717, 1.165) is 31.2 Å². The molecule has 1 aliphatic carbocycles. The number of carbonyl (C=O) groups is 2. The quantitative estimate of drug-likeness (QED) is 0.502. The first-order valence-electron chi connectivity index (χ1n) is 9.70. The molecule has 29 heavy (non-hydrogen) atoms. The number of aryl methyl sites for hydroxylation is 1. The number of fused-ring (bicyclic) bond motifs is 1. The van der Waals surface area contributed by atoms with E-state index in [2.05, 4.69) is 10.6 Å². The Morgan fingerprint density at radius 1 is 1.03 bits per heavy atom. The van der Waals surface area contributed by atoms with E-state index in [1.165, 1.54) is 4.88 Å². The SMILES string of the molecule is CCOC(=O)c1ccccc1NC(=S)Nc1sc2c(c1C(=O)OCC)CCCC2. The average molecular weight is 433 g/mol. The van der Waals surface area contributed by atoms with Crippen molar-refractivity contribution in [1.82, 2.24) is 0 Å². The average Bonchev–Trinajstić information content (AvgIpc) is 3.06. The number of benzene rings is 1. The smallest absolute Gasteiger partial charge is 0.341 e. The van der Waals surface area contributed by atoms with Gasteiger partial charge in [0.25, 0.3) is 0 Å². The zero-order valence-corrected chi connectivity index (χ0v) is 18.1. The minimum Gasteiger partial charge on any atom is -0.462 e. The van der Waals surface area contributed by atoms with Crippen molar-refractivity contribution in [2.45, 2.75) is 39.5 Å². The number of nitrogens with one attached hydrogen (secondary N) is 2. The van der Waals surface area contributed by atoms with E-state index in [-0.39, 0.29) is 5.97 Å². The molecule has 0 spiro atoms. The van der Waals surface area contributed by atoms with E-state index < -0.39 is 5.97 Å². The summed E-state index contributed by atoms with van der Waals surface area (Å²) >= 11 is 7.00. The molecule has 154 valence electrons. The molecule has 1 aromatic carbocycles. The van der Waals surface area contributed by atoms with E-state index >= 15 is 0 Å². The molecule has 1 heterocycles. The van der Waals surface area contributed by atoms with Crippen molar-refractivity contribution in [3.8, 4) is 0 Å². The second kappa shape index (κ2) is 9.84. The monoisotopic (exact) mass is 432 g/mol. The Morgan fingerprint density at radius 3 is 2.48 bits per heavy atom. The second-order valence-electron chi connectivity index (χ2n) is 6.48. The van der Waals surface area contributed by atoms with Crippen LogP contribution in [0.2, 0.25) is 0 Å². The molecule has 3 rings (SSSR count). The number of hydrogen-bond donors (Lipinski definition) is 2. The molecule has 0 radical (unpaired) electrons. The Morgan fingerprint density at radius 2 is 1.72 bits per heavy atom. The molecule has 0 atom stereocenters. The number of thiocarbonyl (C=S) groups is 1. The molecule has 2 N–H and O–H groups in total. The van der Waals surface area contributed by atoms with Gasteiger partial charge in [0.2, 0.25) is 0 Å². The molecule has 0 bridgehead atoms. The summed E-state index contributed by atoms with van der Waals surface area (Å²) in [5, 5.41) is 7.17. The van der Waals surface area contributed by atoms with Crippen LogP contribution in [0.15, 0.2) is 24.3 Å². The van der Waals surface area contributed by atoms with Gasteiger partial charge >= 0.3 is 11.9 Å². The number of esters is 2. The summed E-state index contributed by atoms with van der Waals surface area (Å²) in [6.07, 6.45) is 4.00. The molecule has 2 aromatic rings. The van der Waals surface area contributed by atoms with Crippen LogP contribution in [0.25, 0.3) is 0 Å². The third kappa shape index (κ3) is 4.94. The first-order chi connectivity index (χ1) is 14.0. The van der Waals surface area contributed by atoms with Crippen LogP contribution < -0.4 is 10.6 Å². The number of rotatable bonds is 6. The van der Waals surface area contributed by atoms with E-state index in [9.17, 15) is 9.59 Å². The van der Waals surface area contributed by atoms with Crippen molar-refractivity contribution in [1.29, 1.82) is 0 Å². The lowest BCUT2D eigenvalue weighted by atomic mass is 9.95. The van der Waals surface area contributed by atoms with Gasteiger partial charge in [0.05, 0.1) is 30.0 Å². The molecule has 0 aliphatic heterocycles. The van der Waals surface area contributed by atoms with Gasteiger partial charge in [-0.25, -0.2) is 9.59 Å². The summed E-state index contributed by atoms with van der Waals surface area (Å²) in [6, 6.07) is 7.00. The molecular formula is C21H24N2O4S2. The highest BCUT2D eigenvalue weighted by atomic mass is 32.1. The fraction of sp³-hybridized carbons (Fsp3) is 0.381. The van der Waals surface area contributed by atoms with Gasteiger partial charge in [-0.15, -0.1) is 11.3 Å². The molecule has 6 nitrogen and oxygen atoms in total. The first-order valence-corrected chi connectivity index (χ1v) is 10.9. The predicted octanol–water partition coefficient (Wildman–Crippen LogP) is 4.79. The lowest BCUT2D eigenvalue weighted by Gasteiger charge is -2.14. The highest BCUT2D eigenvalue weighted by Crippen LogP contribution is 2.38. The summed E-state index contributed by atoms with van der Waals surface area (Å²) in [5.74, 6) is -0.749. The number of anilines is 2. The standard InChI is InChI=1S/C21H24N2O4S2/c1-3-26-19(24)13-9-5-7-11-15(13)22-21(28)23-18-17(20(25)27-4-2)14-10-6-8-12-16(14)29-18/h5,7,9,11H,3-4,6,8,10,12H2,1-2H3,(H2,22,23,28). The highest BCUT2D eigenvalue weighted by Gasteiger charge is 2.27. The van der Waals surface area contributed by atoms with Gasteiger partial charge in [-0.3, -0.25) is 0 Å². The van der Waals surface area contributed by atoms with Gasteiger partial charge in [0.15, 0.2) is 5.11 Å². The van der Waals surface area contributed by atoms with Gasteiger partial charge < -0.3 is 20.1 Å². The van der Waals surface area contributed by atoms with Gasteiger partial charge in [-0.2, -0.15) is 0 Å². The Labute approximate surface area is 179 Å². The number of para-hydroxylation sites is 1. The van der Waals surface area contributed by atoms with Crippen molar-refractivity contribution in [2.75, 3.05) is 23.8 Å². The van der Waals surface area contributed by atoms with E-state index in [1.807, 2.05) is 6.07 Å². The van der Waals surface area contributed by atoms with E-state index in [4.69, 9.17) is 21.7 Å². The molecule has 1 aliphatic rings. The minimum atomic E-state index is -0.419. The van der Waals surface area contributed by atoms with E-state index in [1.54, 1.807) is 43.4 Å². The lowest BCUT2D eigenvalue weighted by molar-refractivity contribution is 0.0517. The maximum absolute atomic E-state index is 12.6. The highest BCUT2D eigenvalue weighted by molar-refractivity contribution is 7.80. The Bertz CT molecular complexity index is 923. The van der Waals surface area contributed by atoms with Crippen molar-refractivity contribution in [3.63, 3.8) is 0 Å². The van der Waals surface area contributed by atoms with Crippen LogP contribution in [-0.2, 0) is 22.3 Å². The first kappa shape index (κ1) is 21.3. The molecule has 0 fully saturated rings. The summed E-state index contributed by atoms with van der Waals surface area (Å²) in [4.78, 5) is 25.9. The van der Waals surface area contributed by atoms with Crippen molar-refractivity contribution >= 4 is 51.3 Å². The van der Waals surface area contributed by atoms with Crippen LogP contribution in [0.3, 0.4) is 0 Å². The number of ether oxygens (including phenoxy) is 2. The second-order valence-corrected chi connectivity index (χ2v) is 7.99. The van der Waals surface area contributed by atoms with Gasteiger partial charge in [-0.1, -0.05) is 12.1 Å². The maximum Gasteiger partial charge on any atom is 0.341 e. The van der Waals surface area contributed by atoms with Crippen LogP contribution in [0.1, 0.15) is 57.8 Å². The zero-order chi connectivity index (χ0) is 20.8. The van der Waals surface area contributed by atoms with Crippen molar-refractivity contribution in [2.24, 2.45) is 0 Å². The Balaban J connectivity index is 1.82. The van der Waals surface area contributed by atoms with Gasteiger partial charge in [0.1, 0.15) is 5.00 Å². The van der Waals surface area contributed by atoms with Crippen LogP contribution in [-0.4, -0.2) is 30.3 Å². The predicted molar refractivity (Wildman–Crippen MR) is 119 cm³/mol. The largest absolute Gasteiger partial charge is 0.462 e. The molecular weight excluding hydrogens is 408 g/mol. The van der Waals surface area contributed by atoms with Gasteiger partial charge in [0, 0.05) is 4.88 Å². The van der Waals surface area contributed by atoms with Crippen molar-refractivity contribution in [3.05, 3.63) is 45.8 Å². The molecule has 8 heteroatoms. The summed E-state index contributed by atoms with van der Waals surface area (Å²) < 4.78 is 10.4. The lowest BCUT2D eigenvalue weighted by Crippen LogP contribution is -2.22. The number of thiophene rings is 1. The third-order valence-electron chi connectivity index (χ3n) is 4.55. The summed E-state index contributed by atoms with van der Waals surface area (Å²) in [6.45, 7) is 4.16. The van der Waals surface area contributed by atoms with Crippen LogP contribution in [0.5, 0.6) is 0 Å². The molecule has 0 saturated heterocycles. The summed E-state index contributed by atoms with van der Waals surface area (Å²) in [5.41, 5.74) is 2.59. The maximum atomic E-state index is 12.6. The topological polar surface area (TPSA) is 76.7 Å². The molecule has 1 aromatic heterocycles. The summed E-state index contributed by atoms with van der Waals surface area (Å²) in [7, 11) is 0. The number of hydrogen-bond acceptors (Lipinski definition) is 6. The fourth-order valence-corrected chi connectivity index (χ4v) is 4.87. The third-order valence-corrected chi connectivity index (χ3v) is 5.96. The Hall–Kier alpha value is -2.45. The number of carbonyl (C=O) groups excluding carboxylic acids is 2. The Kier molecular flexibility index (Phi) is 7.22. The molecule has 0 amide bonds. The zero-order valence-electron chi connectivity index (χ0n) is 16.5. The van der Waals surface area contributed by atoms with Crippen LogP contribution in [0, 0.1) is 0 Å². The fourth-order valence-electron chi connectivity index (χ4n) is 3.31. The van der Waals surface area contributed by atoms with Crippen LogP contribution >= 0.6 is 23.6 Å². The van der Waals surface area contributed by atoms with Gasteiger partial charge in [-0.05, 0) is 69.4 Å².